The fraction of sp³-hybridized carbons (Fsp3) is 0.744. The summed E-state index contributed by atoms with van der Waals surface area (Å²) in [7, 11) is 0. The number of hydrogen-bond donors (Lipinski definition) is 2. The van der Waals surface area contributed by atoms with Gasteiger partial charge >= 0.3 is 0 Å². The molecule has 0 aliphatic carbocycles. The van der Waals surface area contributed by atoms with Gasteiger partial charge in [-0.1, -0.05) is 45.1 Å². The van der Waals surface area contributed by atoms with Gasteiger partial charge in [0.1, 0.15) is 6.04 Å². The van der Waals surface area contributed by atoms with Gasteiger partial charge in [-0.15, -0.1) is 0 Å². The Hall–Kier alpha value is -3.06. The van der Waals surface area contributed by atoms with Gasteiger partial charge in [0.2, 0.25) is 11.8 Å². The number of nitrogens with one attached hydrogen (secondary N) is 2. The van der Waals surface area contributed by atoms with Crippen LogP contribution >= 0.6 is 0 Å². The first-order chi connectivity index (χ1) is 27.0. The molecular formula is C39H63N3O13. The summed E-state index contributed by atoms with van der Waals surface area (Å²) < 4.78 is 49.7. The van der Waals surface area contributed by atoms with Crippen molar-refractivity contribution in [2.45, 2.75) is 64.3 Å². The van der Waals surface area contributed by atoms with Crippen molar-refractivity contribution in [3.05, 3.63) is 29.3 Å². The smallest absolute Gasteiger partial charge is 0.264 e. The summed E-state index contributed by atoms with van der Waals surface area (Å²) in [6.45, 7) is 11.6. The molecule has 2 N–H and O–H groups in total. The lowest BCUT2D eigenvalue weighted by Gasteiger charge is -2.27. The number of benzene rings is 1. The monoisotopic (exact) mass is 781 g/mol. The van der Waals surface area contributed by atoms with Crippen molar-refractivity contribution in [3.63, 3.8) is 0 Å². The normalized spacial score (nSPS) is 15.6. The minimum Gasteiger partial charge on any atom is -0.382 e. The van der Waals surface area contributed by atoms with Crippen LogP contribution in [0.15, 0.2) is 18.2 Å². The predicted octanol–water partition coefficient (Wildman–Crippen LogP) is 3.01. The van der Waals surface area contributed by atoms with Crippen molar-refractivity contribution in [1.82, 2.24) is 10.2 Å². The van der Waals surface area contributed by atoms with Gasteiger partial charge in [0, 0.05) is 25.3 Å². The van der Waals surface area contributed by atoms with Crippen LogP contribution in [0.4, 0.5) is 5.69 Å². The Morgan fingerprint density at radius 2 is 1.04 bits per heavy atom. The highest BCUT2D eigenvalue weighted by Crippen LogP contribution is 2.32. The first-order valence-electron chi connectivity index (χ1n) is 19.8. The fourth-order valence-electron chi connectivity index (χ4n) is 5.77. The first kappa shape index (κ1) is 46.3. The number of piperidine rings is 1. The molecule has 1 aromatic rings. The van der Waals surface area contributed by atoms with Crippen LogP contribution in [0, 0.1) is 0 Å². The molecule has 1 unspecified atom stereocenters. The van der Waals surface area contributed by atoms with E-state index in [0.29, 0.717) is 125 Å². The zero-order valence-electron chi connectivity index (χ0n) is 32.7. The van der Waals surface area contributed by atoms with Crippen LogP contribution < -0.4 is 10.6 Å². The summed E-state index contributed by atoms with van der Waals surface area (Å²) >= 11 is 0. The molecule has 2 heterocycles. The lowest BCUT2D eigenvalue weighted by atomic mass is 10.0. The van der Waals surface area contributed by atoms with E-state index in [1.165, 1.54) is 32.1 Å². The van der Waals surface area contributed by atoms with E-state index in [-0.39, 0.29) is 24.0 Å². The van der Waals surface area contributed by atoms with Gasteiger partial charge in [-0.3, -0.25) is 29.4 Å². The van der Waals surface area contributed by atoms with Crippen LogP contribution in [-0.4, -0.2) is 160 Å². The largest absolute Gasteiger partial charge is 0.382 e. The molecule has 0 aromatic heterocycles. The van der Waals surface area contributed by atoms with E-state index in [1.807, 2.05) is 0 Å². The lowest BCUT2D eigenvalue weighted by Crippen LogP contribution is -2.54. The van der Waals surface area contributed by atoms with Gasteiger partial charge in [0.15, 0.2) is 0 Å². The number of amides is 4. The molecule has 312 valence electrons. The van der Waals surface area contributed by atoms with Crippen molar-refractivity contribution in [3.8, 4) is 0 Å². The predicted molar refractivity (Wildman–Crippen MR) is 202 cm³/mol. The average molecular weight is 782 g/mol. The molecule has 1 aromatic carbocycles. The third-order valence-electron chi connectivity index (χ3n) is 8.65. The lowest BCUT2D eigenvalue weighted by molar-refractivity contribution is -0.136. The van der Waals surface area contributed by atoms with Gasteiger partial charge in [0.05, 0.1) is 123 Å². The van der Waals surface area contributed by atoms with Crippen molar-refractivity contribution in [2.75, 3.05) is 131 Å². The number of rotatable bonds is 36. The van der Waals surface area contributed by atoms with Gasteiger partial charge < -0.3 is 47.9 Å². The van der Waals surface area contributed by atoms with Crippen LogP contribution in [0.25, 0.3) is 0 Å². The van der Waals surface area contributed by atoms with E-state index in [1.54, 1.807) is 18.2 Å². The Balaban J connectivity index is 1.01. The number of anilines is 1. The molecule has 0 saturated carbocycles. The molecule has 4 amide bonds. The zero-order valence-corrected chi connectivity index (χ0v) is 32.7. The molecule has 0 spiro atoms. The average Bonchev–Trinajstić information content (AvgIpc) is 3.44. The third-order valence-corrected chi connectivity index (χ3v) is 8.65. The van der Waals surface area contributed by atoms with Crippen LogP contribution in [0.5, 0.6) is 0 Å². The number of ether oxygens (including phenoxy) is 9. The summed E-state index contributed by atoms with van der Waals surface area (Å²) in [5, 5.41) is 5.34. The minimum atomic E-state index is -1.01. The second-order valence-corrected chi connectivity index (χ2v) is 12.9. The van der Waals surface area contributed by atoms with Crippen LogP contribution in [-0.2, 0) is 52.2 Å². The molecule has 1 atom stereocenters. The standard InChI is InChI=1S/C39H63N3O13/c1-2-3-4-5-6-7-14-47-16-18-49-20-22-51-24-26-53-28-30-55-31-29-54-27-25-52-23-21-50-19-17-48-15-13-40-33-10-8-9-32-36(33)39(46)42(38(32)45)34-11-12-35(43)41-37(34)44/h8-10,34,40H,2-7,11-31H2,1H3,(H,41,43,44). The maximum Gasteiger partial charge on any atom is 0.264 e. The molecule has 2 aliphatic heterocycles. The Morgan fingerprint density at radius 1 is 0.582 bits per heavy atom. The summed E-state index contributed by atoms with van der Waals surface area (Å²) in [5.74, 6) is -2.16. The summed E-state index contributed by atoms with van der Waals surface area (Å²) in [6, 6.07) is 3.92. The van der Waals surface area contributed by atoms with Gasteiger partial charge in [-0.2, -0.15) is 0 Å². The SMILES string of the molecule is CCCCCCCCOCCOCCOCCOCCOCCOCCOCCOCCOCCNc1cccc2c1C(=O)N(C1CCC(=O)NC1=O)C2=O. The van der Waals surface area contributed by atoms with E-state index in [9.17, 15) is 19.2 Å². The summed E-state index contributed by atoms with van der Waals surface area (Å²) in [6.07, 6.45) is 7.78. The Bertz CT molecular complexity index is 1240. The summed E-state index contributed by atoms with van der Waals surface area (Å²) in [4.78, 5) is 50.9. The van der Waals surface area contributed by atoms with Crippen LogP contribution in [0.2, 0.25) is 0 Å². The Kier molecular flexibility index (Phi) is 25.4. The molecule has 16 nitrogen and oxygen atoms in total. The number of carbonyl (C=O) groups excluding carboxylic acids is 4. The number of hydrogen-bond acceptors (Lipinski definition) is 14. The first-order valence-corrected chi connectivity index (χ1v) is 19.8. The van der Waals surface area contributed by atoms with E-state index >= 15 is 0 Å². The maximum atomic E-state index is 13.2. The molecule has 16 heteroatoms. The molecule has 1 fully saturated rings. The van der Waals surface area contributed by atoms with E-state index in [4.69, 9.17) is 42.6 Å². The van der Waals surface area contributed by atoms with Gasteiger partial charge in [-0.25, -0.2) is 0 Å². The minimum absolute atomic E-state index is 0.0683. The maximum absolute atomic E-state index is 13.2. The number of unbranched alkanes of at least 4 members (excludes halogenated alkanes) is 5. The molecule has 3 rings (SSSR count). The Labute approximate surface area is 325 Å². The van der Waals surface area contributed by atoms with Gasteiger partial charge in [-0.05, 0) is 25.0 Å². The highest BCUT2D eigenvalue weighted by molar-refractivity contribution is 6.25. The quantitative estimate of drug-likeness (QED) is 0.0750. The number of carbonyl (C=O) groups is 4. The van der Waals surface area contributed by atoms with Crippen LogP contribution in [0.1, 0.15) is 79.0 Å². The van der Waals surface area contributed by atoms with E-state index < -0.39 is 29.7 Å². The Morgan fingerprint density at radius 3 is 1.53 bits per heavy atom. The second-order valence-electron chi connectivity index (χ2n) is 12.9. The highest BCUT2D eigenvalue weighted by atomic mass is 16.6. The molecule has 1 saturated heterocycles. The number of nitrogens with zero attached hydrogens (tertiary/aromatic N) is 1. The second kappa shape index (κ2) is 30.1. The summed E-state index contributed by atoms with van der Waals surface area (Å²) in [5.41, 5.74) is 0.918. The van der Waals surface area contributed by atoms with Crippen molar-refractivity contribution < 1.29 is 61.8 Å². The van der Waals surface area contributed by atoms with Crippen molar-refractivity contribution in [1.29, 1.82) is 0 Å². The van der Waals surface area contributed by atoms with Gasteiger partial charge in [0.25, 0.3) is 11.8 Å². The van der Waals surface area contributed by atoms with Crippen LogP contribution in [0.3, 0.4) is 0 Å². The highest BCUT2D eigenvalue weighted by Gasteiger charge is 2.45. The third kappa shape index (κ3) is 19.1. The molecular weight excluding hydrogens is 718 g/mol. The number of fused-ring (bicyclic) bond motifs is 1. The zero-order chi connectivity index (χ0) is 39.2. The fourth-order valence-corrected chi connectivity index (χ4v) is 5.77. The van der Waals surface area contributed by atoms with E-state index in [2.05, 4.69) is 17.6 Å². The molecule has 0 bridgehead atoms. The van der Waals surface area contributed by atoms with E-state index in [0.717, 1.165) is 17.9 Å². The molecule has 2 aliphatic rings. The van der Waals surface area contributed by atoms with Crippen molar-refractivity contribution in [2.24, 2.45) is 0 Å². The molecule has 55 heavy (non-hydrogen) atoms. The number of imide groups is 2. The topological polar surface area (TPSA) is 179 Å². The molecule has 0 radical (unpaired) electrons. The van der Waals surface area contributed by atoms with Crippen molar-refractivity contribution >= 4 is 29.3 Å².